The summed E-state index contributed by atoms with van der Waals surface area (Å²) in [6.07, 6.45) is 1.71. The van der Waals surface area contributed by atoms with Gasteiger partial charge >= 0.3 is 5.97 Å². The monoisotopic (exact) mass is 522 g/mol. The number of nitrogens with zero attached hydrogens (tertiary/aromatic N) is 2. The predicted molar refractivity (Wildman–Crippen MR) is 137 cm³/mol. The van der Waals surface area contributed by atoms with E-state index in [0.717, 1.165) is 29.0 Å². The molecule has 0 fully saturated rings. The first-order valence-corrected chi connectivity index (χ1v) is 12.7. The van der Waals surface area contributed by atoms with E-state index in [1.165, 1.54) is 11.8 Å². The standard InChI is InChI=1S/C28H24F2N2O4S/c1-28(2,27(33)34)15-37-26-19-4-3-9-31-24(19)14-36-25-8-7-18(11-20(25)26)35-13-17-6-5-16-10-21(29)22(30)12-23(16)32-17/h3-12,26H,13-15H2,1-2H3,(H,33,34). The van der Waals surface area contributed by atoms with Crippen molar-refractivity contribution in [3.63, 3.8) is 0 Å². The Morgan fingerprint density at radius 2 is 1.95 bits per heavy atom. The van der Waals surface area contributed by atoms with E-state index in [4.69, 9.17) is 9.47 Å². The van der Waals surface area contributed by atoms with Gasteiger partial charge < -0.3 is 14.6 Å². The molecule has 2 aromatic carbocycles. The van der Waals surface area contributed by atoms with Crippen LogP contribution in [-0.4, -0.2) is 26.8 Å². The van der Waals surface area contributed by atoms with Crippen LogP contribution in [0.2, 0.25) is 0 Å². The minimum atomic E-state index is -0.951. The number of hydrogen-bond donors (Lipinski definition) is 1. The third kappa shape index (κ3) is 5.22. The highest BCUT2D eigenvalue weighted by Gasteiger charge is 2.32. The van der Waals surface area contributed by atoms with Crippen molar-refractivity contribution >= 4 is 28.6 Å². The van der Waals surface area contributed by atoms with Crippen LogP contribution in [0.5, 0.6) is 11.5 Å². The fourth-order valence-corrected chi connectivity index (χ4v) is 5.47. The van der Waals surface area contributed by atoms with Gasteiger partial charge in [-0.1, -0.05) is 12.1 Å². The molecule has 190 valence electrons. The van der Waals surface area contributed by atoms with Gasteiger partial charge in [-0.25, -0.2) is 13.8 Å². The average molecular weight is 523 g/mol. The number of aliphatic carboxylic acids is 1. The molecule has 0 bridgehead atoms. The number of thioether (sulfide) groups is 1. The fraction of sp³-hybridized carbons (Fsp3) is 0.250. The smallest absolute Gasteiger partial charge is 0.309 e. The summed E-state index contributed by atoms with van der Waals surface area (Å²) >= 11 is 1.52. The van der Waals surface area contributed by atoms with Gasteiger partial charge in [-0.05, 0) is 55.8 Å². The van der Waals surface area contributed by atoms with Crippen molar-refractivity contribution in [2.45, 2.75) is 32.3 Å². The first-order valence-electron chi connectivity index (χ1n) is 11.6. The van der Waals surface area contributed by atoms with Gasteiger partial charge in [0.05, 0.1) is 27.6 Å². The van der Waals surface area contributed by atoms with Crippen LogP contribution in [0.1, 0.15) is 41.6 Å². The quantitative estimate of drug-likeness (QED) is 0.304. The number of carboxylic acid groups (broad SMARTS) is 1. The van der Waals surface area contributed by atoms with Gasteiger partial charge in [0, 0.05) is 29.0 Å². The van der Waals surface area contributed by atoms with Crippen LogP contribution in [0, 0.1) is 17.0 Å². The van der Waals surface area contributed by atoms with Crippen LogP contribution >= 0.6 is 11.8 Å². The van der Waals surface area contributed by atoms with Crippen molar-refractivity contribution < 1.29 is 28.2 Å². The Labute approximate surface area is 216 Å². The second kappa shape index (κ2) is 9.97. The molecule has 1 aliphatic heterocycles. The highest BCUT2D eigenvalue weighted by atomic mass is 32.2. The summed E-state index contributed by atoms with van der Waals surface area (Å²) in [5, 5.41) is 9.91. The van der Waals surface area contributed by atoms with Gasteiger partial charge in [0.15, 0.2) is 11.6 Å². The van der Waals surface area contributed by atoms with Crippen LogP contribution in [-0.2, 0) is 18.0 Å². The zero-order valence-electron chi connectivity index (χ0n) is 20.2. The molecule has 0 spiro atoms. The SMILES string of the molecule is CC(C)(CSC1c2cc(OCc3ccc4cc(F)c(F)cc4n3)ccc2OCc2ncccc21)C(=O)O. The molecule has 2 aromatic heterocycles. The topological polar surface area (TPSA) is 81.5 Å². The minimum absolute atomic E-state index is 0.122. The van der Waals surface area contributed by atoms with Crippen LogP contribution in [0.25, 0.3) is 10.9 Å². The maximum Gasteiger partial charge on any atom is 0.309 e. The maximum atomic E-state index is 13.7. The highest BCUT2D eigenvalue weighted by molar-refractivity contribution is 7.99. The molecule has 1 N–H and O–H groups in total. The summed E-state index contributed by atoms with van der Waals surface area (Å²) in [6, 6.07) is 14.9. The van der Waals surface area contributed by atoms with Gasteiger partial charge in [0.25, 0.3) is 0 Å². The number of pyridine rings is 2. The lowest BCUT2D eigenvalue weighted by Gasteiger charge is -2.24. The molecule has 1 aliphatic rings. The number of ether oxygens (including phenoxy) is 2. The number of rotatable bonds is 7. The van der Waals surface area contributed by atoms with Gasteiger partial charge in [-0.15, -0.1) is 11.8 Å². The number of aromatic nitrogens is 2. The zero-order valence-corrected chi connectivity index (χ0v) is 21.0. The van der Waals surface area contributed by atoms with Crippen molar-refractivity contribution in [3.05, 3.63) is 94.9 Å². The summed E-state index contributed by atoms with van der Waals surface area (Å²) < 4.78 is 39.2. The largest absolute Gasteiger partial charge is 0.487 e. The van der Waals surface area contributed by atoms with E-state index >= 15 is 0 Å². The molecular formula is C28H24F2N2O4S. The number of carboxylic acids is 1. The first-order chi connectivity index (χ1) is 17.7. The van der Waals surface area contributed by atoms with Gasteiger partial charge in [0.1, 0.15) is 24.7 Å². The Morgan fingerprint density at radius 1 is 1.14 bits per heavy atom. The number of halogens is 2. The summed E-state index contributed by atoms with van der Waals surface area (Å²) in [6.45, 7) is 3.84. The number of fused-ring (bicyclic) bond motifs is 3. The van der Waals surface area contributed by atoms with Gasteiger partial charge in [0.2, 0.25) is 0 Å². The Kier molecular flexibility index (Phi) is 6.72. The molecule has 1 atom stereocenters. The van der Waals surface area contributed by atoms with Crippen molar-refractivity contribution in [3.8, 4) is 11.5 Å². The van der Waals surface area contributed by atoms with E-state index in [1.807, 2.05) is 24.3 Å². The number of benzene rings is 2. The molecule has 3 heterocycles. The predicted octanol–water partition coefficient (Wildman–Crippen LogP) is 6.31. The van der Waals surface area contributed by atoms with E-state index in [1.54, 1.807) is 38.2 Å². The summed E-state index contributed by atoms with van der Waals surface area (Å²) in [5.74, 6) is -1.10. The van der Waals surface area contributed by atoms with Crippen LogP contribution in [0.15, 0.2) is 60.8 Å². The Balaban J connectivity index is 1.43. The van der Waals surface area contributed by atoms with Crippen molar-refractivity contribution in [2.24, 2.45) is 5.41 Å². The molecule has 4 aromatic rings. The molecule has 0 amide bonds. The zero-order chi connectivity index (χ0) is 26.2. The third-order valence-corrected chi connectivity index (χ3v) is 7.93. The van der Waals surface area contributed by atoms with Crippen molar-refractivity contribution in [1.82, 2.24) is 9.97 Å². The van der Waals surface area contributed by atoms with E-state index in [-0.39, 0.29) is 11.9 Å². The van der Waals surface area contributed by atoms with Crippen molar-refractivity contribution in [1.29, 1.82) is 0 Å². The first kappa shape index (κ1) is 25.0. The molecule has 5 rings (SSSR count). The van der Waals surface area contributed by atoms with Gasteiger partial charge in [-0.2, -0.15) is 0 Å². The summed E-state index contributed by atoms with van der Waals surface area (Å²) in [7, 11) is 0. The second-order valence-electron chi connectivity index (χ2n) is 9.46. The van der Waals surface area contributed by atoms with E-state index in [0.29, 0.717) is 40.5 Å². The number of hydrogen-bond acceptors (Lipinski definition) is 6. The van der Waals surface area contributed by atoms with Crippen LogP contribution in [0.3, 0.4) is 0 Å². The molecule has 0 saturated heterocycles. The Hall–Kier alpha value is -3.72. The minimum Gasteiger partial charge on any atom is -0.487 e. The maximum absolute atomic E-state index is 13.7. The lowest BCUT2D eigenvalue weighted by molar-refractivity contribution is -0.145. The van der Waals surface area contributed by atoms with E-state index in [2.05, 4.69) is 9.97 Å². The second-order valence-corrected chi connectivity index (χ2v) is 10.6. The lowest BCUT2D eigenvalue weighted by Crippen LogP contribution is -2.26. The molecule has 0 aliphatic carbocycles. The third-order valence-electron chi connectivity index (χ3n) is 6.20. The molecule has 37 heavy (non-hydrogen) atoms. The van der Waals surface area contributed by atoms with E-state index < -0.39 is 23.0 Å². The summed E-state index contributed by atoms with van der Waals surface area (Å²) in [4.78, 5) is 20.6. The van der Waals surface area contributed by atoms with Crippen LogP contribution < -0.4 is 9.47 Å². The molecule has 6 nitrogen and oxygen atoms in total. The number of carbonyl (C=O) groups is 1. The molecular weight excluding hydrogens is 498 g/mol. The normalized spacial score (nSPS) is 14.9. The summed E-state index contributed by atoms with van der Waals surface area (Å²) in [5.41, 5.74) is 2.62. The molecule has 0 radical (unpaired) electrons. The average Bonchev–Trinajstić information content (AvgIpc) is 3.03. The Bertz CT molecular complexity index is 1490. The Morgan fingerprint density at radius 3 is 2.76 bits per heavy atom. The van der Waals surface area contributed by atoms with E-state index in [9.17, 15) is 18.7 Å². The van der Waals surface area contributed by atoms with Crippen molar-refractivity contribution in [2.75, 3.05) is 5.75 Å². The molecule has 9 heteroatoms. The molecule has 0 saturated carbocycles. The lowest BCUT2D eigenvalue weighted by atomic mass is 9.97. The van der Waals surface area contributed by atoms with Gasteiger partial charge in [-0.3, -0.25) is 9.78 Å². The highest BCUT2D eigenvalue weighted by Crippen LogP contribution is 2.46. The fourth-order valence-electron chi connectivity index (χ4n) is 4.01. The molecule has 1 unspecified atom stereocenters. The van der Waals surface area contributed by atoms with Crippen LogP contribution in [0.4, 0.5) is 8.78 Å².